The first kappa shape index (κ1) is 16.3. The average molecular weight is 357 g/mol. The van der Waals surface area contributed by atoms with Gasteiger partial charge in [-0.1, -0.05) is 56.3 Å². The van der Waals surface area contributed by atoms with Crippen LogP contribution in [-0.4, -0.2) is 16.0 Å². The van der Waals surface area contributed by atoms with Gasteiger partial charge in [0.15, 0.2) is 11.6 Å². The molecule has 2 aromatic carbocycles. The number of anilines is 1. The zero-order valence-corrected chi connectivity index (χ0v) is 15.9. The van der Waals surface area contributed by atoms with Crippen molar-refractivity contribution in [1.29, 1.82) is 0 Å². The SMILES string of the molecule is Cc1[nH]nc2c1C(c1ccc3ccccc3c1)C1=C(CC(C)(C)CC1=O)N2. The van der Waals surface area contributed by atoms with E-state index >= 15 is 0 Å². The molecule has 1 atom stereocenters. The summed E-state index contributed by atoms with van der Waals surface area (Å²) in [6.45, 7) is 6.35. The fourth-order valence-electron chi connectivity index (χ4n) is 4.68. The highest BCUT2D eigenvalue weighted by Gasteiger charge is 2.42. The molecule has 27 heavy (non-hydrogen) atoms. The molecule has 2 heterocycles. The number of hydrogen-bond donors (Lipinski definition) is 2. The molecule has 4 nitrogen and oxygen atoms in total. The van der Waals surface area contributed by atoms with Crippen LogP contribution in [0.2, 0.25) is 0 Å². The van der Waals surface area contributed by atoms with E-state index in [0.717, 1.165) is 40.3 Å². The molecule has 0 bridgehead atoms. The predicted molar refractivity (Wildman–Crippen MR) is 108 cm³/mol. The van der Waals surface area contributed by atoms with E-state index in [0.29, 0.717) is 6.42 Å². The Kier molecular flexibility index (Phi) is 3.36. The monoisotopic (exact) mass is 357 g/mol. The van der Waals surface area contributed by atoms with Gasteiger partial charge in [0.2, 0.25) is 0 Å². The quantitative estimate of drug-likeness (QED) is 0.639. The van der Waals surface area contributed by atoms with Crippen molar-refractivity contribution in [2.45, 2.75) is 39.5 Å². The lowest BCUT2D eigenvalue weighted by molar-refractivity contribution is -0.118. The van der Waals surface area contributed by atoms with Crippen molar-refractivity contribution in [2.24, 2.45) is 5.41 Å². The van der Waals surface area contributed by atoms with E-state index in [1.165, 1.54) is 10.8 Å². The van der Waals surface area contributed by atoms with E-state index in [2.05, 4.69) is 71.8 Å². The summed E-state index contributed by atoms with van der Waals surface area (Å²) in [5.41, 5.74) is 5.19. The standard InChI is InChI=1S/C23H23N3O/c1-13-19-20(16-9-8-14-6-4-5-7-15(14)10-16)21-17(24-22(19)26-25-13)11-23(2,3)12-18(21)27/h4-10,20H,11-12H2,1-3H3,(H2,24,25,26). The van der Waals surface area contributed by atoms with Crippen LogP contribution in [0, 0.1) is 12.3 Å². The molecule has 0 saturated heterocycles. The van der Waals surface area contributed by atoms with Gasteiger partial charge < -0.3 is 5.32 Å². The highest BCUT2D eigenvalue weighted by Crippen LogP contribution is 2.49. The molecule has 0 saturated carbocycles. The molecule has 0 radical (unpaired) electrons. The maximum atomic E-state index is 13.2. The Labute approximate surface area is 158 Å². The smallest absolute Gasteiger partial charge is 0.162 e. The number of hydrogen-bond acceptors (Lipinski definition) is 3. The van der Waals surface area contributed by atoms with Gasteiger partial charge >= 0.3 is 0 Å². The van der Waals surface area contributed by atoms with Crippen molar-refractivity contribution in [3.05, 3.63) is 70.6 Å². The van der Waals surface area contributed by atoms with Crippen molar-refractivity contribution in [3.63, 3.8) is 0 Å². The van der Waals surface area contributed by atoms with E-state index in [9.17, 15) is 4.79 Å². The summed E-state index contributed by atoms with van der Waals surface area (Å²) in [4.78, 5) is 13.2. The number of allylic oxidation sites excluding steroid dienone is 2. The van der Waals surface area contributed by atoms with Gasteiger partial charge in [-0.05, 0) is 35.1 Å². The third-order valence-electron chi connectivity index (χ3n) is 5.87. The Morgan fingerprint density at radius 1 is 1.07 bits per heavy atom. The summed E-state index contributed by atoms with van der Waals surface area (Å²) in [6, 6.07) is 14.9. The second-order valence-electron chi connectivity index (χ2n) is 8.61. The van der Waals surface area contributed by atoms with Gasteiger partial charge in [-0.2, -0.15) is 5.10 Å². The van der Waals surface area contributed by atoms with Crippen LogP contribution in [-0.2, 0) is 4.79 Å². The summed E-state index contributed by atoms with van der Waals surface area (Å²) in [5.74, 6) is 1.04. The molecule has 1 aromatic heterocycles. The third kappa shape index (κ3) is 2.51. The predicted octanol–water partition coefficient (Wildman–Crippen LogP) is 5.07. The molecule has 2 N–H and O–H groups in total. The van der Waals surface area contributed by atoms with Crippen LogP contribution < -0.4 is 5.32 Å². The van der Waals surface area contributed by atoms with Gasteiger partial charge in [-0.3, -0.25) is 9.89 Å². The van der Waals surface area contributed by atoms with E-state index in [4.69, 9.17) is 0 Å². The Hall–Kier alpha value is -2.88. The third-order valence-corrected chi connectivity index (χ3v) is 5.87. The van der Waals surface area contributed by atoms with Gasteiger partial charge in [-0.25, -0.2) is 0 Å². The summed E-state index contributed by atoms with van der Waals surface area (Å²) < 4.78 is 0. The molecule has 0 spiro atoms. The van der Waals surface area contributed by atoms with Crippen LogP contribution >= 0.6 is 0 Å². The molecule has 4 heteroatoms. The topological polar surface area (TPSA) is 57.8 Å². The number of H-pyrrole nitrogens is 1. The van der Waals surface area contributed by atoms with Crippen LogP contribution in [0.5, 0.6) is 0 Å². The zero-order chi connectivity index (χ0) is 18.8. The largest absolute Gasteiger partial charge is 0.342 e. The van der Waals surface area contributed by atoms with Crippen LogP contribution in [0.3, 0.4) is 0 Å². The van der Waals surface area contributed by atoms with Crippen molar-refractivity contribution in [1.82, 2.24) is 10.2 Å². The van der Waals surface area contributed by atoms with Crippen LogP contribution in [0.4, 0.5) is 5.82 Å². The normalized spacial score (nSPS) is 21.0. The molecule has 2 aliphatic rings. The number of nitrogens with zero attached hydrogens (tertiary/aromatic N) is 1. The van der Waals surface area contributed by atoms with Crippen molar-refractivity contribution < 1.29 is 4.79 Å². The number of aromatic amines is 1. The summed E-state index contributed by atoms with van der Waals surface area (Å²) in [6.07, 6.45) is 1.45. The summed E-state index contributed by atoms with van der Waals surface area (Å²) in [5, 5.41) is 13.5. The van der Waals surface area contributed by atoms with Crippen LogP contribution in [0.1, 0.15) is 49.4 Å². The Morgan fingerprint density at radius 3 is 2.67 bits per heavy atom. The second-order valence-corrected chi connectivity index (χ2v) is 8.61. The number of nitrogens with one attached hydrogen (secondary N) is 2. The van der Waals surface area contributed by atoms with Crippen molar-refractivity contribution >= 4 is 22.4 Å². The number of aromatic nitrogens is 2. The Balaban J connectivity index is 1.75. The molecule has 0 fully saturated rings. The lowest BCUT2D eigenvalue weighted by Crippen LogP contribution is -2.33. The fourth-order valence-corrected chi connectivity index (χ4v) is 4.68. The highest BCUT2D eigenvalue weighted by atomic mass is 16.1. The minimum Gasteiger partial charge on any atom is -0.342 e. The van der Waals surface area contributed by atoms with Crippen LogP contribution in [0.15, 0.2) is 53.7 Å². The maximum absolute atomic E-state index is 13.2. The number of fused-ring (bicyclic) bond motifs is 2. The van der Waals surface area contributed by atoms with Gasteiger partial charge in [0.1, 0.15) is 0 Å². The number of aryl methyl sites for hydroxylation is 1. The van der Waals surface area contributed by atoms with E-state index in [1.54, 1.807) is 0 Å². The number of benzene rings is 2. The zero-order valence-electron chi connectivity index (χ0n) is 15.9. The average Bonchev–Trinajstić information content (AvgIpc) is 2.99. The molecule has 136 valence electrons. The van der Waals surface area contributed by atoms with Gasteiger partial charge in [0.25, 0.3) is 0 Å². The van der Waals surface area contributed by atoms with Gasteiger partial charge in [-0.15, -0.1) is 0 Å². The molecule has 3 aromatic rings. The summed E-state index contributed by atoms with van der Waals surface area (Å²) >= 11 is 0. The Bertz CT molecular complexity index is 1120. The van der Waals surface area contributed by atoms with E-state index in [1.807, 2.05) is 6.92 Å². The second kappa shape index (κ2) is 5.56. The number of rotatable bonds is 1. The molecule has 1 aliphatic heterocycles. The first-order valence-electron chi connectivity index (χ1n) is 9.50. The highest BCUT2D eigenvalue weighted by molar-refractivity contribution is 6.01. The number of carbonyl (C=O) groups is 1. The number of ketones is 1. The molecular formula is C23H23N3O. The first-order chi connectivity index (χ1) is 12.9. The molecule has 1 unspecified atom stereocenters. The molecule has 1 aliphatic carbocycles. The van der Waals surface area contributed by atoms with Gasteiger partial charge in [0, 0.05) is 34.9 Å². The molecule has 0 amide bonds. The maximum Gasteiger partial charge on any atom is 0.162 e. The number of carbonyl (C=O) groups excluding carboxylic acids is 1. The first-order valence-corrected chi connectivity index (χ1v) is 9.50. The van der Waals surface area contributed by atoms with Gasteiger partial charge in [0.05, 0.1) is 0 Å². The van der Waals surface area contributed by atoms with E-state index in [-0.39, 0.29) is 17.1 Å². The number of Topliss-reactive ketones (excluding diaryl/α,β-unsaturated/α-hetero) is 1. The minimum atomic E-state index is -0.0665. The lowest BCUT2D eigenvalue weighted by atomic mass is 9.69. The van der Waals surface area contributed by atoms with Crippen molar-refractivity contribution in [2.75, 3.05) is 5.32 Å². The minimum absolute atomic E-state index is 0.0281. The van der Waals surface area contributed by atoms with Crippen molar-refractivity contribution in [3.8, 4) is 0 Å². The molecule has 5 rings (SSSR count). The summed E-state index contributed by atoms with van der Waals surface area (Å²) in [7, 11) is 0. The lowest BCUT2D eigenvalue weighted by Gasteiger charge is -2.38. The fraction of sp³-hybridized carbons (Fsp3) is 0.304. The van der Waals surface area contributed by atoms with E-state index < -0.39 is 0 Å². The molecular weight excluding hydrogens is 334 g/mol. The Morgan fingerprint density at radius 2 is 1.85 bits per heavy atom. The van der Waals surface area contributed by atoms with Crippen LogP contribution in [0.25, 0.3) is 10.8 Å².